The fourth-order valence-corrected chi connectivity index (χ4v) is 7.39. The summed E-state index contributed by atoms with van der Waals surface area (Å²) in [5.41, 5.74) is 0. The fraction of sp³-hybridized carbons (Fsp3) is 0.545. The van der Waals surface area contributed by atoms with Crippen molar-refractivity contribution in [2.45, 2.75) is 68.1 Å². The predicted molar refractivity (Wildman–Crippen MR) is 114 cm³/mol. The summed E-state index contributed by atoms with van der Waals surface area (Å²) in [6.45, 7) is 2.20. The molecule has 2 nitrogen and oxygen atoms in total. The number of benzene rings is 2. The Morgan fingerprint density at radius 3 is 2.27 bits per heavy atom. The van der Waals surface area contributed by atoms with Crippen LogP contribution in [0.5, 0.6) is 0 Å². The Bertz CT molecular complexity index is 821. The van der Waals surface area contributed by atoms with Gasteiger partial charge in [0.05, 0.1) is 10.6 Å². The van der Waals surface area contributed by atoms with E-state index in [1.165, 1.54) is 53.9 Å². The smallest absolute Gasteiger partial charge is 0.178 e. The molecule has 4 heteroatoms. The highest BCUT2D eigenvalue weighted by molar-refractivity contribution is 7.97. The Hall–Kier alpha value is -1.00. The highest BCUT2D eigenvalue weighted by atomic mass is 32.2. The summed E-state index contributed by atoms with van der Waals surface area (Å²) in [7, 11) is -2.76. The van der Waals surface area contributed by atoms with Gasteiger partial charge in [-0.1, -0.05) is 45.1 Å². The third kappa shape index (κ3) is 5.04. The van der Waals surface area contributed by atoms with Gasteiger partial charge in [-0.2, -0.15) is 0 Å². The summed E-state index contributed by atoms with van der Waals surface area (Å²) in [6.07, 6.45) is 9.30. The van der Waals surface area contributed by atoms with Gasteiger partial charge < -0.3 is 0 Å². The quantitative estimate of drug-likeness (QED) is 0.403. The van der Waals surface area contributed by atoms with Crippen molar-refractivity contribution in [2.24, 2.45) is 0 Å². The molecule has 26 heavy (non-hydrogen) atoms. The zero-order chi connectivity index (χ0) is 18.4. The molecule has 0 radical (unpaired) electrons. The van der Waals surface area contributed by atoms with E-state index in [0.29, 0.717) is 15.8 Å². The molecule has 1 aliphatic heterocycles. The summed E-state index contributed by atoms with van der Waals surface area (Å²) in [5, 5.41) is 2.21. The Balaban J connectivity index is 1.66. The minimum absolute atomic E-state index is 0.270. The maximum Gasteiger partial charge on any atom is 0.178 e. The summed E-state index contributed by atoms with van der Waals surface area (Å²) >= 11 is 0. The molecule has 1 heterocycles. The first-order chi connectivity index (χ1) is 12.6. The van der Waals surface area contributed by atoms with Gasteiger partial charge >= 0.3 is 0 Å². The van der Waals surface area contributed by atoms with Crippen LogP contribution in [0.1, 0.15) is 58.3 Å². The number of hydrogen-bond acceptors (Lipinski definition) is 2. The van der Waals surface area contributed by atoms with Gasteiger partial charge in [0.25, 0.3) is 0 Å². The molecule has 2 aromatic carbocycles. The zero-order valence-electron chi connectivity index (χ0n) is 15.9. The molecule has 3 rings (SSSR count). The normalized spacial score (nSPS) is 15.7. The van der Waals surface area contributed by atoms with Crippen LogP contribution in [-0.4, -0.2) is 25.7 Å². The monoisotopic (exact) mass is 391 g/mol. The molecule has 0 saturated carbocycles. The topological polar surface area (TPSA) is 34.1 Å². The highest BCUT2D eigenvalue weighted by Crippen LogP contribution is 2.28. The van der Waals surface area contributed by atoms with Crippen molar-refractivity contribution in [1.82, 2.24) is 0 Å². The summed E-state index contributed by atoms with van der Waals surface area (Å²) in [4.78, 5) is 1.92. The fourth-order valence-electron chi connectivity index (χ4n) is 3.66. The van der Waals surface area contributed by atoms with Gasteiger partial charge in [-0.05, 0) is 54.3 Å². The molecule has 2 aromatic rings. The van der Waals surface area contributed by atoms with Gasteiger partial charge in [0, 0.05) is 17.0 Å². The average Bonchev–Trinajstić information content (AvgIpc) is 3.18. The molecule has 0 aliphatic carbocycles. The molecule has 0 unspecified atom stereocenters. The molecule has 0 N–H and O–H groups in total. The molecule has 0 bridgehead atoms. The van der Waals surface area contributed by atoms with Crippen LogP contribution < -0.4 is 0 Å². The van der Waals surface area contributed by atoms with Crippen molar-refractivity contribution in [3.63, 3.8) is 0 Å². The summed E-state index contributed by atoms with van der Waals surface area (Å²) in [5.74, 6) is 2.90. The first-order valence-corrected chi connectivity index (χ1v) is 13.3. The lowest BCUT2D eigenvalue weighted by molar-refractivity contribution is 0.583. The van der Waals surface area contributed by atoms with E-state index in [4.69, 9.17) is 0 Å². The van der Waals surface area contributed by atoms with Crippen LogP contribution in [-0.2, 0) is 20.7 Å². The molecule has 1 aliphatic rings. The second-order valence-electron chi connectivity index (χ2n) is 7.37. The van der Waals surface area contributed by atoms with Crippen LogP contribution in [0, 0.1) is 0 Å². The van der Waals surface area contributed by atoms with Crippen molar-refractivity contribution in [2.75, 3.05) is 17.3 Å². The minimum atomic E-state index is -3.17. The Morgan fingerprint density at radius 1 is 0.846 bits per heavy atom. The SMILES string of the molecule is CCCCCCCCS(=O)(=O)c1ccc2cc([S+]3CCCC3)ccc2c1. The van der Waals surface area contributed by atoms with Gasteiger partial charge in [0.15, 0.2) is 14.7 Å². The van der Waals surface area contributed by atoms with E-state index in [1.54, 1.807) is 6.07 Å². The summed E-state index contributed by atoms with van der Waals surface area (Å²) in [6, 6.07) is 12.3. The van der Waals surface area contributed by atoms with E-state index in [2.05, 4.69) is 25.1 Å². The molecule has 0 spiro atoms. The lowest BCUT2D eigenvalue weighted by atomic mass is 10.1. The van der Waals surface area contributed by atoms with E-state index in [-0.39, 0.29) is 5.75 Å². The Kier molecular flexibility index (Phi) is 7.05. The first kappa shape index (κ1) is 19.8. The van der Waals surface area contributed by atoms with Crippen molar-refractivity contribution >= 4 is 31.5 Å². The maximum atomic E-state index is 12.6. The third-order valence-electron chi connectivity index (χ3n) is 5.27. The van der Waals surface area contributed by atoms with Gasteiger partial charge in [0.2, 0.25) is 0 Å². The number of unbranched alkanes of at least 4 members (excludes halogenated alkanes) is 5. The van der Waals surface area contributed by atoms with Crippen molar-refractivity contribution in [1.29, 1.82) is 0 Å². The van der Waals surface area contributed by atoms with E-state index in [1.807, 2.05) is 12.1 Å². The Morgan fingerprint density at radius 2 is 1.50 bits per heavy atom. The first-order valence-electron chi connectivity index (χ1n) is 10.0. The van der Waals surface area contributed by atoms with Crippen molar-refractivity contribution < 1.29 is 8.42 Å². The van der Waals surface area contributed by atoms with Gasteiger partial charge in [-0.25, -0.2) is 8.42 Å². The largest absolute Gasteiger partial charge is 0.224 e. The standard InChI is InChI=1S/C22H31O2S2/c1-2-3-4-5-6-9-16-26(23,24)22-13-11-19-17-21(12-10-20(19)18-22)25-14-7-8-15-25/h10-13,17-18H,2-9,14-16H2,1H3/q+1. The molecule has 0 atom stereocenters. The van der Waals surface area contributed by atoms with Gasteiger partial charge in [-0.15, -0.1) is 0 Å². The number of rotatable bonds is 9. The van der Waals surface area contributed by atoms with Crippen molar-refractivity contribution in [3.05, 3.63) is 36.4 Å². The van der Waals surface area contributed by atoms with E-state index < -0.39 is 9.84 Å². The van der Waals surface area contributed by atoms with Crippen LogP contribution >= 0.6 is 0 Å². The third-order valence-corrected chi connectivity index (χ3v) is 9.56. The molecule has 0 amide bonds. The van der Waals surface area contributed by atoms with Crippen LogP contribution in [0.2, 0.25) is 0 Å². The molecular formula is C22H31O2S2+. The van der Waals surface area contributed by atoms with Crippen LogP contribution in [0.3, 0.4) is 0 Å². The lowest BCUT2D eigenvalue weighted by Crippen LogP contribution is -2.07. The molecule has 1 saturated heterocycles. The molecule has 142 valence electrons. The zero-order valence-corrected chi connectivity index (χ0v) is 17.5. The molecule has 0 aromatic heterocycles. The number of fused-ring (bicyclic) bond motifs is 1. The van der Waals surface area contributed by atoms with Crippen LogP contribution in [0.15, 0.2) is 46.2 Å². The maximum absolute atomic E-state index is 12.6. The number of sulfone groups is 1. The van der Waals surface area contributed by atoms with E-state index in [9.17, 15) is 8.42 Å². The second-order valence-corrected chi connectivity index (χ2v) is 11.7. The average molecular weight is 392 g/mol. The van der Waals surface area contributed by atoms with Crippen LogP contribution in [0.25, 0.3) is 10.8 Å². The highest BCUT2D eigenvalue weighted by Gasteiger charge is 2.26. The second kappa shape index (κ2) is 9.27. The predicted octanol–water partition coefficient (Wildman–Crippen LogP) is 5.75. The lowest BCUT2D eigenvalue weighted by Gasteiger charge is -2.07. The van der Waals surface area contributed by atoms with E-state index >= 15 is 0 Å². The van der Waals surface area contributed by atoms with Gasteiger partial charge in [0.1, 0.15) is 11.5 Å². The van der Waals surface area contributed by atoms with Crippen LogP contribution in [0.4, 0.5) is 0 Å². The van der Waals surface area contributed by atoms with Crippen molar-refractivity contribution in [3.8, 4) is 0 Å². The summed E-state index contributed by atoms with van der Waals surface area (Å²) < 4.78 is 25.3. The Labute approximate surface area is 161 Å². The molecular weight excluding hydrogens is 360 g/mol. The van der Waals surface area contributed by atoms with E-state index in [0.717, 1.165) is 24.6 Å². The minimum Gasteiger partial charge on any atom is -0.224 e. The van der Waals surface area contributed by atoms with Gasteiger partial charge in [-0.3, -0.25) is 0 Å². The number of hydrogen-bond donors (Lipinski definition) is 0. The molecule has 1 fully saturated rings.